The first-order valence-corrected chi connectivity index (χ1v) is 10.2. The predicted octanol–water partition coefficient (Wildman–Crippen LogP) is 3.73. The van der Waals surface area contributed by atoms with E-state index in [1.807, 2.05) is 18.2 Å². The minimum Gasteiger partial charge on any atom is -0.493 e. The van der Waals surface area contributed by atoms with Gasteiger partial charge in [-0.05, 0) is 30.2 Å². The number of nitrogens with one attached hydrogen (secondary N) is 2. The second-order valence-electron chi connectivity index (χ2n) is 7.36. The topological polar surface area (TPSA) is 67.4 Å². The van der Waals surface area contributed by atoms with Crippen molar-refractivity contribution in [2.24, 2.45) is 4.99 Å². The summed E-state index contributed by atoms with van der Waals surface area (Å²) >= 11 is 0. The van der Waals surface area contributed by atoms with Crippen molar-refractivity contribution in [3.8, 4) is 11.5 Å². The van der Waals surface area contributed by atoms with E-state index >= 15 is 0 Å². The van der Waals surface area contributed by atoms with Gasteiger partial charge in [0.2, 0.25) is 0 Å². The zero-order valence-electron chi connectivity index (χ0n) is 18.7. The Balaban J connectivity index is 0.00000341. The van der Waals surface area contributed by atoms with Crippen LogP contribution in [0.25, 0.3) is 0 Å². The first-order valence-electron chi connectivity index (χ1n) is 10.2. The Hall–Kier alpha value is -2.04. The molecule has 170 valence electrons. The summed E-state index contributed by atoms with van der Waals surface area (Å²) in [5.74, 6) is 2.05. The van der Waals surface area contributed by atoms with Gasteiger partial charge in [0.25, 0.3) is 0 Å². The molecule has 0 aliphatic carbocycles. The van der Waals surface area contributed by atoms with Crippen LogP contribution in [-0.4, -0.2) is 57.9 Å². The number of hydrogen-bond acceptors (Lipinski definition) is 5. The number of rotatable bonds is 7. The first kappa shape index (κ1) is 25.2. The van der Waals surface area contributed by atoms with E-state index in [2.05, 4.69) is 51.7 Å². The van der Waals surface area contributed by atoms with Crippen molar-refractivity contribution in [2.75, 3.05) is 46.3 Å². The molecule has 1 saturated heterocycles. The van der Waals surface area contributed by atoms with Gasteiger partial charge in [0, 0.05) is 45.0 Å². The summed E-state index contributed by atoms with van der Waals surface area (Å²) in [5.41, 5.74) is 3.39. The minimum absolute atomic E-state index is 0. The lowest BCUT2D eigenvalue weighted by molar-refractivity contribution is -0.0212. The number of benzene rings is 2. The van der Waals surface area contributed by atoms with E-state index in [1.165, 1.54) is 11.1 Å². The Kier molecular flexibility index (Phi) is 10.4. The largest absolute Gasteiger partial charge is 0.493 e. The molecule has 1 unspecified atom stereocenters. The molecule has 1 aliphatic heterocycles. The molecule has 1 aliphatic rings. The van der Waals surface area contributed by atoms with Gasteiger partial charge in [0.1, 0.15) is 0 Å². The second kappa shape index (κ2) is 12.7. The fraction of sp³-hybridized carbons (Fsp3) is 0.435. The molecular formula is C23H33IN4O3. The molecular weight excluding hydrogens is 507 g/mol. The summed E-state index contributed by atoms with van der Waals surface area (Å²) in [6, 6.07) is 14.3. The van der Waals surface area contributed by atoms with Crippen molar-refractivity contribution < 1.29 is 14.2 Å². The van der Waals surface area contributed by atoms with E-state index in [0.717, 1.165) is 31.9 Å². The monoisotopic (exact) mass is 540 g/mol. The van der Waals surface area contributed by atoms with Crippen molar-refractivity contribution in [2.45, 2.75) is 26.1 Å². The van der Waals surface area contributed by atoms with E-state index in [-0.39, 0.29) is 24.0 Å². The molecule has 0 saturated carbocycles. The highest BCUT2D eigenvalue weighted by Crippen LogP contribution is 2.29. The molecule has 2 aromatic rings. The number of ether oxygens (including phenoxy) is 3. The molecule has 1 atom stereocenters. The molecule has 31 heavy (non-hydrogen) atoms. The summed E-state index contributed by atoms with van der Waals surface area (Å²) in [5, 5.41) is 6.66. The molecule has 8 heteroatoms. The van der Waals surface area contributed by atoms with Crippen LogP contribution < -0.4 is 20.1 Å². The van der Waals surface area contributed by atoms with Crippen molar-refractivity contribution in [3.63, 3.8) is 0 Å². The smallest absolute Gasteiger partial charge is 0.195 e. The summed E-state index contributed by atoms with van der Waals surface area (Å²) in [6.45, 7) is 6.52. The molecule has 0 amide bonds. The van der Waals surface area contributed by atoms with Crippen LogP contribution >= 0.6 is 24.0 Å². The Bertz CT molecular complexity index is 862. The summed E-state index contributed by atoms with van der Waals surface area (Å²) < 4.78 is 16.3. The summed E-state index contributed by atoms with van der Waals surface area (Å²) in [4.78, 5) is 6.76. The molecule has 0 aromatic heterocycles. The number of halogens is 1. The number of anilines is 1. The fourth-order valence-electron chi connectivity index (χ4n) is 3.55. The van der Waals surface area contributed by atoms with Crippen LogP contribution in [0.1, 0.15) is 18.1 Å². The Morgan fingerprint density at radius 3 is 2.61 bits per heavy atom. The molecule has 2 N–H and O–H groups in total. The van der Waals surface area contributed by atoms with Gasteiger partial charge in [-0.25, -0.2) is 0 Å². The third-order valence-corrected chi connectivity index (χ3v) is 5.05. The molecule has 0 bridgehead atoms. The fourth-order valence-corrected chi connectivity index (χ4v) is 3.55. The van der Waals surface area contributed by atoms with Gasteiger partial charge in [-0.1, -0.05) is 24.3 Å². The molecule has 1 heterocycles. The molecule has 0 spiro atoms. The number of aliphatic imine (C=N–C) groups is 1. The van der Waals surface area contributed by atoms with Crippen molar-refractivity contribution in [1.29, 1.82) is 0 Å². The van der Waals surface area contributed by atoms with Crippen LogP contribution in [0.2, 0.25) is 0 Å². The normalized spacial score (nSPS) is 16.9. The number of guanidine groups is 1. The number of morpholine rings is 1. The highest BCUT2D eigenvalue weighted by molar-refractivity contribution is 14.0. The van der Waals surface area contributed by atoms with E-state index in [1.54, 1.807) is 21.3 Å². The maximum Gasteiger partial charge on any atom is 0.195 e. The molecule has 2 aromatic carbocycles. The Morgan fingerprint density at radius 1 is 1.13 bits per heavy atom. The first-order chi connectivity index (χ1) is 14.6. The van der Waals surface area contributed by atoms with Gasteiger partial charge < -0.3 is 24.8 Å². The van der Waals surface area contributed by atoms with Gasteiger partial charge in [0.15, 0.2) is 17.5 Å². The van der Waals surface area contributed by atoms with E-state index in [4.69, 9.17) is 14.2 Å². The van der Waals surface area contributed by atoms with Crippen LogP contribution in [0, 0.1) is 0 Å². The van der Waals surface area contributed by atoms with Crippen LogP contribution in [0.5, 0.6) is 11.5 Å². The SMILES string of the molecule is CN=C(NCc1cccc(CN2CCOC(C)C2)c1)Nc1ccc(OC)c(OC)c1.I. The maximum absolute atomic E-state index is 5.64. The number of nitrogens with zero attached hydrogens (tertiary/aromatic N) is 2. The zero-order chi connectivity index (χ0) is 21.3. The lowest BCUT2D eigenvalue weighted by Gasteiger charge is -2.31. The summed E-state index contributed by atoms with van der Waals surface area (Å²) in [6.07, 6.45) is 0.301. The van der Waals surface area contributed by atoms with Crippen molar-refractivity contribution in [3.05, 3.63) is 53.6 Å². The Labute approximate surface area is 202 Å². The van der Waals surface area contributed by atoms with Crippen LogP contribution in [-0.2, 0) is 17.8 Å². The van der Waals surface area contributed by atoms with E-state index in [0.29, 0.717) is 30.1 Å². The van der Waals surface area contributed by atoms with Crippen LogP contribution in [0.4, 0.5) is 5.69 Å². The van der Waals surface area contributed by atoms with Crippen molar-refractivity contribution >= 4 is 35.6 Å². The molecule has 1 fully saturated rings. The Morgan fingerprint density at radius 2 is 1.90 bits per heavy atom. The standard InChI is InChI=1S/C23H32N4O3.HI/c1-17-15-27(10-11-30-17)16-19-7-5-6-18(12-19)14-25-23(24-2)26-20-8-9-21(28-3)22(13-20)29-4;/h5-9,12-13,17H,10-11,14-16H2,1-4H3,(H2,24,25,26);1H. The third kappa shape index (κ3) is 7.55. The average Bonchev–Trinajstić information content (AvgIpc) is 2.76. The second-order valence-corrected chi connectivity index (χ2v) is 7.36. The lowest BCUT2D eigenvalue weighted by atomic mass is 10.1. The highest BCUT2D eigenvalue weighted by atomic mass is 127. The van der Waals surface area contributed by atoms with Crippen LogP contribution in [0.3, 0.4) is 0 Å². The van der Waals surface area contributed by atoms with Gasteiger partial charge in [-0.2, -0.15) is 0 Å². The third-order valence-electron chi connectivity index (χ3n) is 5.05. The number of methoxy groups -OCH3 is 2. The van der Waals surface area contributed by atoms with E-state index < -0.39 is 0 Å². The van der Waals surface area contributed by atoms with Crippen LogP contribution in [0.15, 0.2) is 47.5 Å². The van der Waals surface area contributed by atoms with Gasteiger partial charge in [-0.15, -0.1) is 24.0 Å². The average molecular weight is 540 g/mol. The molecule has 3 rings (SSSR count). The van der Waals surface area contributed by atoms with Gasteiger partial charge in [-0.3, -0.25) is 9.89 Å². The number of hydrogen-bond donors (Lipinski definition) is 2. The maximum atomic E-state index is 5.64. The van der Waals surface area contributed by atoms with Gasteiger partial charge in [0.05, 0.1) is 26.9 Å². The quantitative estimate of drug-likeness (QED) is 0.317. The molecule has 7 nitrogen and oxygen atoms in total. The van der Waals surface area contributed by atoms with Gasteiger partial charge >= 0.3 is 0 Å². The van der Waals surface area contributed by atoms with Crippen molar-refractivity contribution in [1.82, 2.24) is 10.2 Å². The lowest BCUT2D eigenvalue weighted by Crippen LogP contribution is -2.40. The minimum atomic E-state index is 0. The molecule has 0 radical (unpaired) electrons. The van der Waals surface area contributed by atoms with E-state index in [9.17, 15) is 0 Å². The highest BCUT2D eigenvalue weighted by Gasteiger charge is 2.16. The predicted molar refractivity (Wildman–Crippen MR) is 136 cm³/mol. The zero-order valence-corrected chi connectivity index (χ0v) is 21.0. The summed E-state index contributed by atoms with van der Waals surface area (Å²) in [7, 11) is 5.00.